The van der Waals surface area contributed by atoms with Crippen LogP contribution in [0.25, 0.3) is 0 Å². The van der Waals surface area contributed by atoms with Crippen molar-refractivity contribution < 1.29 is 4.79 Å². The van der Waals surface area contributed by atoms with E-state index in [9.17, 15) is 4.79 Å². The average Bonchev–Trinajstić information content (AvgIpc) is 3.26. The van der Waals surface area contributed by atoms with E-state index in [0.717, 1.165) is 44.1 Å². The Morgan fingerprint density at radius 2 is 2.09 bits per heavy atom. The Morgan fingerprint density at radius 3 is 2.87 bits per heavy atom. The summed E-state index contributed by atoms with van der Waals surface area (Å²) in [5.74, 6) is 2.03. The second-order valence-corrected chi connectivity index (χ2v) is 6.30. The predicted molar refractivity (Wildman–Crippen MR) is 87.5 cm³/mol. The number of pyridine rings is 1. The average molecular weight is 311 g/mol. The Bertz CT molecular complexity index is 687. The van der Waals surface area contributed by atoms with Crippen molar-refractivity contribution in [2.75, 3.05) is 18.0 Å². The van der Waals surface area contributed by atoms with Crippen molar-refractivity contribution in [3.05, 3.63) is 42.1 Å². The lowest BCUT2D eigenvalue weighted by Crippen LogP contribution is -2.40. The molecule has 2 aliphatic rings. The van der Waals surface area contributed by atoms with Gasteiger partial charge in [0.1, 0.15) is 11.6 Å². The van der Waals surface area contributed by atoms with Gasteiger partial charge in [0.2, 0.25) is 0 Å². The van der Waals surface area contributed by atoms with Gasteiger partial charge in [0.15, 0.2) is 0 Å². The van der Waals surface area contributed by atoms with E-state index < -0.39 is 0 Å². The molecule has 0 aliphatic carbocycles. The Kier molecular flexibility index (Phi) is 3.73. The first kappa shape index (κ1) is 14.2. The van der Waals surface area contributed by atoms with Gasteiger partial charge in [0.25, 0.3) is 5.91 Å². The number of fused-ring (bicyclic) bond motifs is 1. The van der Waals surface area contributed by atoms with Gasteiger partial charge in [0.05, 0.1) is 5.56 Å². The molecular formula is C17H21N5O. The number of imidazole rings is 1. The Balaban J connectivity index is 1.39. The molecule has 0 saturated carbocycles. The normalized spacial score (nSPS) is 20.3. The largest absolute Gasteiger partial charge is 0.357 e. The zero-order chi connectivity index (χ0) is 15.6. The van der Waals surface area contributed by atoms with Gasteiger partial charge in [-0.25, -0.2) is 9.97 Å². The van der Waals surface area contributed by atoms with Crippen molar-refractivity contribution in [1.82, 2.24) is 19.9 Å². The maximum Gasteiger partial charge on any atom is 0.253 e. The molecule has 1 fully saturated rings. The quantitative estimate of drug-likeness (QED) is 0.936. The molecule has 0 spiro atoms. The summed E-state index contributed by atoms with van der Waals surface area (Å²) in [6.45, 7) is 2.92. The molecule has 0 bridgehead atoms. The van der Waals surface area contributed by atoms with E-state index in [2.05, 4.69) is 24.8 Å². The first-order valence-corrected chi connectivity index (χ1v) is 8.31. The maximum atomic E-state index is 12.4. The highest BCUT2D eigenvalue weighted by molar-refractivity contribution is 5.94. The number of aryl methyl sites for hydroxylation is 1. The van der Waals surface area contributed by atoms with Gasteiger partial charge >= 0.3 is 0 Å². The van der Waals surface area contributed by atoms with Crippen molar-refractivity contribution >= 4 is 11.7 Å². The molecular weight excluding hydrogens is 290 g/mol. The van der Waals surface area contributed by atoms with E-state index >= 15 is 0 Å². The Hall–Kier alpha value is -2.37. The molecule has 1 N–H and O–H groups in total. The molecule has 6 heteroatoms. The zero-order valence-corrected chi connectivity index (χ0v) is 13.1. The Labute approximate surface area is 135 Å². The van der Waals surface area contributed by atoms with E-state index in [4.69, 9.17) is 0 Å². The fraction of sp³-hybridized carbons (Fsp3) is 0.471. The summed E-state index contributed by atoms with van der Waals surface area (Å²) in [6.07, 6.45) is 9.77. The summed E-state index contributed by atoms with van der Waals surface area (Å²) in [6, 6.07) is 3.98. The van der Waals surface area contributed by atoms with Crippen molar-refractivity contribution in [2.45, 2.75) is 38.3 Å². The van der Waals surface area contributed by atoms with E-state index in [-0.39, 0.29) is 11.9 Å². The molecule has 2 aromatic rings. The van der Waals surface area contributed by atoms with E-state index in [1.807, 2.05) is 24.5 Å². The fourth-order valence-electron chi connectivity index (χ4n) is 3.41. The van der Waals surface area contributed by atoms with Crippen LogP contribution in [0, 0.1) is 0 Å². The van der Waals surface area contributed by atoms with Gasteiger partial charge < -0.3 is 14.8 Å². The SMILES string of the molecule is O=C(N[C@@H]1CCc2nccn2C1)c1ccc(N2CCCC2)nc1. The van der Waals surface area contributed by atoms with Crippen LogP contribution in [-0.2, 0) is 13.0 Å². The fourth-order valence-corrected chi connectivity index (χ4v) is 3.41. The second kappa shape index (κ2) is 6.02. The summed E-state index contributed by atoms with van der Waals surface area (Å²) in [7, 11) is 0. The minimum absolute atomic E-state index is 0.0426. The molecule has 0 radical (unpaired) electrons. The van der Waals surface area contributed by atoms with Gasteiger partial charge in [-0.05, 0) is 31.4 Å². The maximum absolute atomic E-state index is 12.4. The number of amides is 1. The molecule has 4 heterocycles. The van der Waals surface area contributed by atoms with Crippen LogP contribution in [0.2, 0.25) is 0 Å². The number of hydrogen-bond donors (Lipinski definition) is 1. The van der Waals surface area contributed by atoms with E-state index in [1.54, 1.807) is 6.20 Å². The van der Waals surface area contributed by atoms with Crippen molar-refractivity contribution in [3.8, 4) is 0 Å². The van der Waals surface area contributed by atoms with Gasteiger partial charge in [-0.2, -0.15) is 0 Å². The molecule has 4 rings (SSSR count). The van der Waals surface area contributed by atoms with Crippen LogP contribution in [0.1, 0.15) is 35.4 Å². The summed E-state index contributed by atoms with van der Waals surface area (Å²) in [5, 5.41) is 3.11. The van der Waals surface area contributed by atoms with Crippen LogP contribution in [-0.4, -0.2) is 39.6 Å². The lowest BCUT2D eigenvalue weighted by Gasteiger charge is -2.24. The molecule has 6 nitrogen and oxygen atoms in total. The minimum atomic E-state index is -0.0426. The first-order chi connectivity index (χ1) is 11.3. The summed E-state index contributed by atoms with van der Waals surface area (Å²) < 4.78 is 2.11. The highest BCUT2D eigenvalue weighted by Crippen LogP contribution is 2.18. The highest BCUT2D eigenvalue weighted by Gasteiger charge is 2.21. The minimum Gasteiger partial charge on any atom is -0.357 e. The standard InChI is InChI=1S/C17H21N5O/c23-17(20-14-4-6-15-18-7-10-22(15)12-14)13-3-5-16(19-11-13)21-8-1-2-9-21/h3,5,7,10-11,14H,1-2,4,6,8-9,12H2,(H,20,23)/t14-/m1/s1. The molecule has 2 aromatic heterocycles. The van der Waals surface area contributed by atoms with Gasteiger partial charge in [0, 0.05) is 50.7 Å². The lowest BCUT2D eigenvalue weighted by molar-refractivity contribution is 0.0927. The third-order valence-electron chi connectivity index (χ3n) is 4.71. The third kappa shape index (κ3) is 2.93. The van der Waals surface area contributed by atoms with Crippen molar-refractivity contribution in [3.63, 3.8) is 0 Å². The molecule has 0 aromatic carbocycles. The smallest absolute Gasteiger partial charge is 0.253 e. The molecule has 1 amide bonds. The number of rotatable bonds is 3. The summed E-state index contributed by atoms with van der Waals surface area (Å²) >= 11 is 0. The number of carbonyl (C=O) groups excluding carboxylic acids is 1. The Morgan fingerprint density at radius 1 is 1.22 bits per heavy atom. The number of nitrogens with one attached hydrogen (secondary N) is 1. The number of anilines is 1. The second-order valence-electron chi connectivity index (χ2n) is 6.30. The number of aromatic nitrogens is 3. The third-order valence-corrected chi connectivity index (χ3v) is 4.71. The van der Waals surface area contributed by atoms with Crippen molar-refractivity contribution in [1.29, 1.82) is 0 Å². The first-order valence-electron chi connectivity index (χ1n) is 8.31. The van der Waals surface area contributed by atoms with Crippen LogP contribution in [0.5, 0.6) is 0 Å². The summed E-state index contributed by atoms with van der Waals surface area (Å²) in [4.78, 5) is 23.4. The van der Waals surface area contributed by atoms with E-state index in [0.29, 0.717) is 5.56 Å². The van der Waals surface area contributed by atoms with Gasteiger partial charge in [-0.1, -0.05) is 0 Å². The number of carbonyl (C=O) groups is 1. The van der Waals surface area contributed by atoms with Crippen LogP contribution in [0.3, 0.4) is 0 Å². The summed E-state index contributed by atoms with van der Waals surface area (Å²) in [5.41, 5.74) is 0.629. The number of hydrogen-bond acceptors (Lipinski definition) is 4. The molecule has 0 unspecified atom stereocenters. The lowest BCUT2D eigenvalue weighted by atomic mass is 10.1. The van der Waals surface area contributed by atoms with E-state index in [1.165, 1.54) is 12.8 Å². The topological polar surface area (TPSA) is 63.1 Å². The zero-order valence-electron chi connectivity index (χ0n) is 13.1. The van der Waals surface area contributed by atoms with Crippen LogP contribution < -0.4 is 10.2 Å². The highest BCUT2D eigenvalue weighted by atomic mass is 16.1. The van der Waals surface area contributed by atoms with Crippen molar-refractivity contribution in [2.24, 2.45) is 0 Å². The number of nitrogens with zero attached hydrogens (tertiary/aromatic N) is 4. The van der Waals surface area contributed by atoms with Crippen LogP contribution in [0.15, 0.2) is 30.7 Å². The molecule has 23 heavy (non-hydrogen) atoms. The van der Waals surface area contributed by atoms with Crippen LogP contribution >= 0.6 is 0 Å². The molecule has 120 valence electrons. The molecule has 1 atom stereocenters. The molecule has 1 saturated heterocycles. The van der Waals surface area contributed by atoms with Gasteiger partial charge in [-0.3, -0.25) is 4.79 Å². The molecule has 2 aliphatic heterocycles. The predicted octanol–water partition coefficient (Wildman–Crippen LogP) is 1.62. The van der Waals surface area contributed by atoms with Gasteiger partial charge in [-0.15, -0.1) is 0 Å². The monoisotopic (exact) mass is 311 g/mol. The van der Waals surface area contributed by atoms with Crippen LogP contribution in [0.4, 0.5) is 5.82 Å².